The van der Waals surface area contributed by atoms with Crippen LogP contribution in [0.25, 0.3) is 0 Å². The van der Waals surface area contributed by atoms with Gasteiger partial charge in [-0.15, -0.1) is 11.3 Å². The number of aromatic nitrogens is 1. The lowest BCUT2D eigenvalue weighted by atomic mass is 10.2. The number of hydrogen-bond acceptors (Lipinski definition) is 4. The monoisotopic (exact) mass is 262 g/mol. The molecule has 0 fully saturated rings. The summed E-state index contributed by atoms with van der Waals surface area (Å²) >= 11 is 1.51. The first kappa shape index (κ1) is 12.6. The first-order valence-corrected chi connectivity index (χ1v) is 6.46. The minimum atomic E-state index is -0.147. The Morgan fingerprint density at radius 3 is 3.11 bits per heavy atom. The fourth-order valence-electron chi connectivity index (χ4n) is 1.42. The Morgan fingerprint density at radius 2 is 2.39 bits per heavy atom. The highest BCUT2D eigenvalue weighted by Crippen LogP contribution is 2.11. The molecule has 2 aromatic rings. The number of ether oxygens (including phenoxy) is 1. The molecule has 0 saturated carbocycles. The summed E-state index contributed by atoms with van der Waals surface area (Å²) in [5.74, 6) is 0.561. The van der Waals surface area contributed by atoms with Gasteiger partial charge in [-0.1, -0.05) is 12.1 Å². The van der Waals surface area contributed by atoms with Crippen LogP contribution in [0.1, 0.15) is 10.6 Å². The van der Waals surface area contributed by atoms with Crippen molar-refractivity contribution in [3.63, 3.8) is 0 Å². The molecule has 0 unspecified atom stereocenters. The summed E-state index contributed by atoms with van der Waals surface area (Å²) in [6.07, 6.45) is 1.72. The van der Waals surface area contributed by atoms with Gasteiger partial charge in [-0.3, -0.25) is 4.79 Å². The largest absolute Gasteiger partial charge is 0.484 e. The molecule has 0 aliphatic rings. The topological polar surface area (TPSA) is 51.2 Å². The summed E-state index contributed by atoms with van der Waals surface area (Å²) < 4.78 is 5.39. The molecule has 1 aromatic carbocycles. The maximum absolute atomic E-state index is 11.5. The third kappa shape index (κ3) is 3.85. The van der Waals surface area contributed by atoms with E-state index in [-0.39, 0.29) is 12.5 Å². The van der Waals surface area contributed by atoms with E-state index in [0.717, 1.165) is 10.6 Å². The number of benzene rings is 1. The maximum Gasteiger partial charge on any atom is 0.258 e. The molecule has 0 atom stereocenters. The van der Waals surface area contributed by atoms with E-state index in [9.17, 15) is 4.79 Å². The third-order valence-electron chi connectivity index (χ3n) is 2.28. The number of thiazole rings is 1. The van der Waals surface area contributed by atoms with E-state index in [1.54, 1.807) is 6.20 Å². The average molecular weight is 262 g/mol. The first-order valence-electron chi connectivity index (χ1n) is 5.58. The lowest BCUT2D eigenvalue weighted by Crippen LogP contribution is -2.28. The van der Waals surface area contributed by atoms with Crippen LogP contribution in [0.4, 0.5) is 0 Å². The van der Waals surface area contributed by atoms with Gasteiger partial charge in [0.05, 0.1) is 6.54 Å². The molecule has 0 aliphatic carbocycles. The molecule has 0 spiro atoms. The molecule has 5 heteroatoms. The Morgan fingerprint density at radius 1 is 1.50 bits per heavy atom. The average Bonchev–Trinajstić information content (AvgIpc) is 2.87. The van der Waals surface area contributed by atoms with Gasteiger partial charge < -0.3 is 10.1 Å². The van der Waals surface area contributed by atoms with Crippen molar-refractivity contribution in [2.24, 2.45) is 0 Å². The highest BCUT2D eigenvalue weighted by atomic mass is 32.1. The minimum absolute atomic E-state index is 0.0226. The molecule has 1 N–H and O–H groups in total. The Bertz CT molecular complexity index is 511. The van der Waals surface area contributed by atoms with E-state index in [0.29, 0.717) is 12.3 Å². The second kappa shape index (κ2) is 6.16. The van der Waals surface area contributed by atoms with E-state index < -0.39 is 0 Å². The SMILES string of the molecule is Cc1cccc(OCC(=O)NCc2nccs2)c1. The van der Waals surface area contributed by atoms with Gasteiger partial charge in [-0.05, 0) is 24.6 Å². The molecular weight excluding hydrogens is 248 g/mol. The normalized spacial score (nSPS) is 10.1. The van der Waals surface area contributed by atoms with Crippen LogP contribution in [0, 0.1) is 6.92 Å². The molecule has 1 aromatic heterocycles. The van der Waals surface area contributed by atoms with Crippen molar-refractivity contribution in [1.29, 1.82) is 0 Å². The van der Waals surface area contributed by atoms with Crippen LogP contribution in [-0.4, -0.2) is 17.5 Å². The lowest BCUT2D eigenvalue weighted by Gasteiger charge is -2.06. The van der Waals surface area contributed by atoms with Crippen LogP contribution in [-0.2, 0) is 11.3 Å². The van der Waals surface area contributed by atoms with Crippen LogP contribution in [0.15, 0.2) is 35.8 Å². The van der Waals surface area contributed by atoms with Crippen molar-refractivity contribution in [2.75, 3.05) is 6.61 Å². The zero-order valence-corrected chi connectivity index (χ0v) is 10.9. The molecule has 0 radical (unpaired) electrons. The highest BCUT2D eigenvalue weighted by molar-refractivity contribution is 7.09. The second-order valence-corrected chi connectivity index (χ2v) is 4.79. The van der Waals surface area contributed by atoms with E-state index in [2.05, 4.69) is 10.3 Å². The number of nitrogens with zero attached hydrogens (tertiary/aromatic N) is 1. The van der Waals surface area contributed by atoms with Crippen molar-refractivity contribution in [2.45, 2.75) is 13.5 Å². The zero-order valence-electron chi connectivity index (χ0n) is 10.1. The predicted octanol–water partition coefficient (Wildman–Crippen LogP) is 2.15. The smallest absolute Gasteiger partial charge is 0.258 e. The summed E-state index contributed by atoms with van der Waals surface area (Å²) in [5, 5.41) is 5.52. The zero-order chi connectivity index (χ0) is 12.8. The van der Waals surface area contributed by atoms with Crippen LogP contribution in [0.2, 0.25) is 0 Å². The quantitative estimate of drug-likeness (QED) is 0.898. The lowest BCUT2D eigenvalue weighted by molar-refractivity contribution is -0.123. The number of hydrogen-bond donors (Lipinski definition) is 1. The third-order valence-corrected chi connectivity index (χ3v) is 3.06. The fourth-order valence-corrected chi connectivity index (χ4v) is 1.98. The van der Waals surface area contributed by atoms with E-state index >= 15 is 0 Å². The Hall–Kier alpha value is -1.88. The fraction of sp³-hybridized carbons (Fsp3) is 0.231. The van der Waals surface area contributed by atoms with Gasteiger partial charge in [0.1, 0.15) is 10.8 Å². The van der Waals surface area contributed by atoms with Gasteiger partial charge in [0.2, 0.25) is 0 Å². The summed E-state index contributed by atoms with van der Waals surface area (Å²) in [6.45, 7) is 2.46. The van der Waals surface area contributed by atoms with E-state index in [1.807, 2.05) is 36.6 Å². The van der Waals surface area contributed by atoms with Crippen molar-refractivity contribution < 1.29 is 9.53 Å². The highest BCUT2D eigenvalue weighted by Gasteiger charge is 2.03. The number of rotatable bonds is 5. The summed E-state index contributed by atoms with van der Waals surface area (Å²) in [5.41, 5.74) is 1.11. The number of carbonyl (C=O) groups excluding carboxylic acids is 1. The number of nitrogens with one attached hydrogen (secondary N) is 1. The van der Waals surface area contributed by atoms with Gasteiger partial charge in [-0.25, -0.2) is 4.98 Å². The number of amides is 1. The van der Waals surface area contributed by atoms with Crippen LogP contribution in [0.5, 0.6) is 5.75 Å². The number of aryl methyl sites for hydroxylation is 1. The van der Waals surface area contributed by atoms with Crippen molar-refractivity contribution >= 4 is 17.2 Å². The standard InChI is InChI=1S/C13H14N2O2S/c1-10-3-2-4-11(7-10)17-9-12(16)15-8-13-14-5-6-18-13/h2-7H,8-9H2,1H3,(H,15,16). The Labute approximate surface area is 110 Å². The Balaban J connectivity index is 1.75. The van der Waals surface area contributed by atoms with Crippen LogP contribution in [0.3, 0.4) is 0 Å². The molecule has 0 aliphatic heterocycles. The van der Waals surface area contributed by atoms with Gasteiger partial charge >= 0.3 is 0 Å². The van der Waals surface area contributed by atoms with Crippen LogP contribution < -0.4 is 10.1 Å². The van der Waals surface area contributed by atoms with Gasteiger partial charge in [0, 0.05) is 11.6 Å². The van der Waals surface area contributed by atoms with Crippen LogP contribution >= 0.6 is 11.3 Å². The molecule has 0 saturated heterocycles. The maximum atomic E-state index is 11.5. The minimum Gasteiger partial charge on any atom is -0.484 e. The molecule has 94 valence electrons. The molecule has 0 bridgehead atoms. The van der Waals surface area contributed by atoms with E-state index in [1.165, 1.54) is 11.3 Å². The molecular formula is C13H14N2O2S. The second-order valence-electron chi connectivity index (χ2n) is 3.81. The summed E-state index contributed by atoms with van der Waals surface area (Å²) in [7, 11) is 0. The van der Waals surface area contributed by atoms with Crippen molar-refractivity contribution in [3.8, 4) is 5.75 Å². The Kier molecular flexibility index (Phi) is 4.30. The molecule has 1 amide bonds. The van der Waals surface area contributed by atoms with Gasteiger partial charge in [0.25, 0.3) is 5.91 Å². The first-order chi connectivity index (χ1) is 8.74. The summed E-state index contributed by atoms with van der Waals surface area (Å²) in [6, 6.07) is 7.61. The van der Waals surface area contributed by atoms with Crippen molar-refractivity contribution in [1.82, 2.24) is 10.3 Å². The molecule has 1 heterocycles. The van der Waals surface area contributed by atoms with Gasteiger partial charge in [0.15, 0.2) is 6.61 Å². The summed E-state index contributed by atoms with van der Waals surface area (Å²) in [4.78, 5) is 15.6. The van der Waals surface area contributed by atoms with E-state index in [4.69, 9.17) is 4.74 Å². The molecule has 18 heavy (non-hydrogen) atoms. The number of carbonyl (C=O) groups is 1. The molecule has 4 nitrogen and oxygen atoms in total. The molecule has 2 rings (SSSR count). The van der Waals surface area contributed by atoms with Crippen molar-refractivity contribution in [3.05, 3.63) is 46.4 Å². The predicted molar refractivity (Wildman–Crippen MR) is 70.6 cm³/mol. The van der Waals surface area contributed by atoms with Gasteiger partial charge in [-0.2, -0.15) is 0 Å².